The average Bonchev–Trinajstić information content (AvgIpc) is 2.91. The Kier molecular flexibility index (Phi) is 17.0. The number of carboxylic acid groups (broad SMARTS) is 1. The summed E-state index contributed by atoms with van der Waals surface area (Å²) in [5.74, 6) is -2.23. The molecule has 0 heterocycles. The summed E-state index contributed by atoms with van der Waals surface area (Å²) in [6.45, 7) is 7.79. The molecule has 0 saturated heterocycles. The molecule has 1 aromatic rings. The van der Waals surface area contributed by atoms with Crippen molar-refractivity contribution in [3.8, 4) is 5.75 Å². The van der Waals surface area contributed by atoms with E-state index in [0.29, 0.717) is 12.2 Å². The fourth-order valence-electron chi connectivity index (χ4n) is 3.79. The molecule has 14 heteroatoms. The fourth-order valence-corrected chi connectivity index (χ4v) is 4.46. The lowest BCUT2D eigenvalue weighted by molar-refractivity contribution is -0.137. The number of thiol groups is 1. The molecule has 0 unspecified atom stereocenters. The van der Waals surface area contributed by atoms with Crippen LogP contribution in [0.15, 0.2) is 22.7 Å². The SMILES string of the molecule is COc1ccc(Br)cc1CCNC(=O)[C@H](CS)NC(=O)[C@H](CC(C)C)NC(=O)[C@H](CCC(=O)O)NC(=O)OCC(C)C. The quantitative estimate of drug-likeness (QED) is 0.129. The number of halogens is 1. The minimum atomic E-state index is -1.25. The van der Waals surface area contributed by atoms with Gasteiger partial charge in [-0.2, -0.15) is 12.6 Å². The summed E-state index contributed by atoms with van der Waals surface area (Å²) in [7, 11) is 1.56. The number of nitrogens with one attached hydrogen (secondary N) is 4. The molecule has 1 rings (SSSR count). The van der Waals surface area contributed by atoms with E-state index in [1.54, 1.807) is 7.11 Å². The van der Waals surface area contributed by atoms with Crippen LogP contribution in [-0.4, -0.2) is 79.0 Å². The maximum absolute atomic E-state index is 13.2. The van der Waals surface area contributed by atoms with Crippen LogP contribution in [0.4, 0.5) is 4.79 Å². The van der Waals surface area contributed by atoms with Crippen molar-refractivity contribution in [2.75, 3.05) is 26.0 Å². The Morgan fingerprint density at radius 2 is 1.57 bits per heavy atom. The van der Waals surface area contributed by atoms with Crippen molar-refractivity contribution in [2.45, 2.75) is 71.5 Å². The number of alkyl carbamates (subject to hydrolysis) is 1. The van der Waals surface area contributed by atoms with Gasteiger partial charge in [-0.05, 0) is 54.9 Å². The van der Waals surface area contributed by atoms with Gasteiger partial charge in [0.05, 0.1) is 13.7 Å². The maximum Gasteiger partial charge on any atom is 0.407 e. The number of benzene rings is 1. The highest BCUT2D eigenvalue weighted by Gasteiger charge is 2.30. The Morgan fingerprint density at radius 1 is 0.929 bits per heavy atom. The van der Waals surface area contributed by atoms with Crippen LogP contribution in [0.2, 0.25) is 0 Å². The van der Waals surface area contributed by atoms with Crippen LogP contribution in [-0.2, 0) is 30.3 Å². The Morgan fingerprint density at radius 3 is 2.14 bits per heavy atom. The zero-order valence-electron chi connectivity index (χ0n) is 24.7. The van der Waals surface area contributed by atoms with Gasteiger partial charge in [0.2, 0.25) is 17.7 Å². The lowest BCUT2D eigenvalue weighted by Crippen LogP contribution is -2.57. The van der Waals surface area contributed by atoms with Gasteiger partial charge in [0.15, 0.2) is 0 Å². The zero-order valence-corrected chi connectivity index (χ0v) is 27.2. The van der Waals surface area contributed by atoms with Gasteiger partial charge in [-0.25, -0.2) is 4.79 Å². The number of amides is 4. The normalized spacial score (nSPS) is 13.1. The van der Waals surface area contributed by atoms with E-state index in [9.17, 15) is 24.0 Å². The number of hydrogen-bond donors (Lipinski definition) is 6. The van der Waals surface area contributed by atoms with Crippen molar-refractivity contribution < 1.29 is 38.6 Å². The van der Waals surface area contributed by atoms with Crippen LogP contribution in [0.3, 0.4) is 0 Å². The number of ether oxygens (including phenoxy) is 2. The molecule has 0 radical (unpaired) electrons. The average molecular weight is 676 g/mol. The molecule has 5 N–H and O–H groups in total. The van der Waals surface area contributed by atoms with Gasteiger partial charge >= 0.3 is 12.1 Å². The van der Waals surface area contributed by atoms with Gasteiger partial charge in [-0.3, -0.25) is 19.2 Å². The summed E-state index contributed by atoms with van der Waals surface area (Å²) < 4.78 is 11.3. The maximum atomic E-state index is 13.2. The van der Waals surface area contributed by atoms with Crippen LogP contribution >= 0.6 is 28.6 Å². The molecule has 0 aromatic heterocycles. The number of carboxylic acids is 1. The highest BCUT2D eigenvalue weighted by molar-refractivity contribution is 9.10. The minimum Gasteiger partial charge on any atom is -0.496 e. The van der Waals surface area contributed by atoms with E-state index in [1.165, 1.54) is 0 Å². The van der Waals surface area contributed by atoms with E-state index >= 15 is 0 Å². The largest absolute Gasteiger partial charge is 0.496 e. The molecule has 1 aromatic carbocycles. The first-order valence-electron chi connectivity index (χ1n) is 13.7. The highest BCUT2D eigenvalue weighted by atomic mass is 79.9. The molecule has 0 saturated carbocycles. The summed E-state index contributed by atoms with van der Waals surface area (Å²) >= 11 is 7.64. The molecule has 0 aliphatic carbocycles. The fraction of sp³-hybridized carbons (Fsp3) is 0.607. The monoisotopic (exact) mass is 674 g/mol. The van der Waals surface area contributed by atoms with Crippen LogP contribution < -0.4 is 26.0 Å². The van der Waals surface area contributed by atoms with Gasteiger partial charge in [0.1, 0.15) is 23.9 Å². The van der Waals surface area contributed by atoms with Crippen molar-refractivity contribution in [3.05, 3.63) is 28.2 Å². The number of methoxy groups -OCH3 is 1. The third-order valence-corrected chi connectivity index (χ3v) is 6.75. The van der Waals surface area contributed by atoms with Gasteiger partial charge in [-0.15, -0.1) is 0 Å². The number of aliphatic carboxylic acids is 1. The topological polar surface area (TPSA) is 172 Å². The van der Waals surface area contributed by atoms with Crippen LogP contribution in [0.25, 0.3) is 0 Å². The van der Waals surface area contributed by atoms with Gasteiger partial charge < -0.3 is 35.8 Å². The minimum absolute atomic E-state index is 0.00457. The molecule has 0 fully saturated rings. The molecule has 0 bridgehead atoms. The first-order valence-corrected chi connectivity index (χ1v) is 15.2. The number of rotatable bonds is 18. The van der Waals surface area contributed by atoms with E-state index in [2.05, 4.69) is 49.8 Å². The molecule has 236 valence electrons. The van der Waals surface area contributed by atoms with Crippen molar-refractivity contribution in [3.63, 3.8) is 0 Å². The van der Waals surface area contributed by atoms with Crippen molar-refractivity contribution in [1.82, 2.24) is 21.3 Å². The highest BCUT2D eigenvalue weighted by Crippen LogP contribution is 2.23. The molecular formula is C28H43BrN4O8S. The zero-order chi connectivity index (χ0) is 31.8. The second-order valence-electron chi connectivity index (χ2n) is 10.6. The predicted octanol–water partition coefficient (Wildman–Crippen LogP) is 2.68. The number of carbonyl (C=O) groups is 5. The third kappa shape index (κ3) is 14.3. The Bertz CT molecular complexity index is 1070. The van der Waals surface area contributed by atoms with Crippen LogP contribution in [0.5, 0.6) is 5.75 Å². The molecule has 0 spiro atoms. The van der Waals surface area contributed by atoms with E-state index in [1.807, 2.05) is 45.9 Å². The first-order chi connectivity index (χ1) is 19.8. The van der Waals surface area contributed by atoms with Crippen molar-refractivity contribution in [1.29, 1.82) is 0 Å². The lowest BCUT2D eigenvalue weighted by atomic mass is 10.0. The lowest BCUT2D eigenvalue weighted by Gasteiger charge is -2.25. The summed E-state index contributed by atoms with van der Waals surface area (Å²) in [6.07, 6.45) is -0.760. The molecule has 3 atom stereocenters. The van der Waals surface area contributed by atoms with E-state index < -0.39 is 54.3 Å². The summed E-state index contributed by atoms with van der Waals surface area (Å²) in [6, 6.07) is 2.27. The molecule has 42 heavy (non-hydrogen) atoms. The van der Waals surface area contributed by atoms with Gasteiger partial charge in [0.25, 0.3) is 0 Å². The number of carbonyl (C=O) groups excluding carboxylic acids is 4. The third-order valence-electron chi connectivity index (χ3n) is 5.89. The molecular weight excluding hydrogens is 632 g/mol. The van der Waals surface area contributed by atoms with Gasteiger partial charge in [-0.1, -0.05) is 43.6 Å². The van der Waals surface area contributed by atoms with Crippen LogP contribution in [0, 0.1) is 11.8 Å². The van der Waals surface area contributed by atoms with Crippen molar-refractivity contribution in [2.24, 2.45) is 11.8 Å². The Hall–Kier alpha value is -3.00. The first kappa shape index (κ1) is 37.0. The Balaban J connectivity index is 2.89. The van der Waals surface area contributed by atoms with Gasteiger partial charge in [0, 0.05) is 23.2 Å². The van der Waals surface area contributed by atoms with Crippen molar-refractivity contribution >= 4 is 58.3 Å². The number of hydrogen-bond acceptors (Lipinski definition) is 8. The second-order valence-corrected chi connectivity index (χ2v) is 11.8. The summed E-state index contributed by atoms with van der Waals surface area (Å²) in [4.78, 5) is 62.5. The Labute approximate surface area is 261 Å². The standard InChI is InChI=1S/C28H43BrN4O8S/c1-16(2)12-21(31-26(37)20(7-9-24(34)35)33-28(39)41-14-17(3)4)27(38)32-22(15-42)25(36)30-11-10-18-13-19(29)6-8-23(18)40-5/h6,8,13,16-17,20-22,42H,7,9-12,14-15H2,1-5H3,(H,30,36)(H,31,37)(H,32,38)(H,33,39)(H,34,35)/t20-,21-,22-/m0/s1. The van der Waals surface area contributed by atoms with E-state index in [4.69, 9.17) is 14.6 Å². The summed E-state index contributed by atoms with van der Waals surface area (Å²) in [5.41, 5.74) is 0.887. The van der Waals surface area contributed by atoms with E-state index in [-0.39, 0.29) is 43.6 Å². The predicted molar refractivity (Wildman–Crippen MR) is 165 cm³/mol. The van der Waals surface area contributed by atoms with Crippen LogP contribution in [0.1, 0.15) is 52.5 Å². The molecule has 0 aliphatic rings. The second kappa shape index (κ2) is 19.2. The summed E-state index contributed by atoms with van der Waals surface area (Å²) in [5, 5.41) is 19.5. The van der Waals surface area contributed by atoms with E-state index in [0.717, 1.165) is 10.0 Å². The molecule has 0 aliphatic heterocycles. The smallest absolute Gasteiger partial charge is 0.407 e. The molecule has 4 amide bonds. The molecule has 12 nitrogen and oxygen atoms in total.